The lowest BCUT2D eigenvalue weighted by Crippen LogP contribution is -2.29. The first-order chi connectivity index (χ1) is 8.61. The van der Waals surface area contributed by atoms with E-state index in [9.17, 15) is 0 Å². The molecule has 1 saturated heterocycles. The van der Waals surface area contributed by atoms with Crippen LogP contribution in [0.1, 0.15) is 32.4 Å². The van der Waals surface area contributed by atoms with Crippen LogP contribution in [0.25, 0.3) is 0 Å². The van der Waals surface area contributed by atoms with E-state index in [0.29, 0.717) is 6.61 Å². The smallest absolute Gasteiger partial charge is 0.119 e. The van der Waals surface area contributed by atoms with Crippen LogP contribution in [-0.2, 0) is 4.74 Å². The maximum atomic E-state index is 6.00. The summed E-state index contributed by atoms with van der Waals surface area (Å²) in [6, 6.07) is 8.21. The summed E-state index contributed by atoms with van der Waals surface area (Å²) >= 11 is 0. The SMILES string of the molecule is CCOc1ccc(C2CNCC(C)(C)CO2)cc1. The van der Waals surface area contributed by atoms with Gasteiger partial charge in [-0.05, 0) is 24.6 Å². The molecular weight excluding hydrogens is 226 g/mol. The molecule has 18 heavy (non-hydrogen) atoms. The van der Waals surface area contributed by atoms with Crippen molar-refractivity contribution >= 4 is 0 Å². The Kier molecular flexibility index (Phi) is 4.25. The highest BCUT2D eigenvalue weighted by atomic mass is 16.5. The monoisotopic (exact) mass is 249 g/mol. The van der Waals surface area contributed by atoms with Crippen molar-refractivity contribution in [2.24, 2.45) is 5.41 Å². The van der Waals surface area contributed by atoms with Crippen LogP contribution in [0.15, 0.2) is 24.3 Å². The number of hydrogen-bond acceptors (Lipinski definition) is 3. The molecule has 1 heterocycles. The van der Waals surface area contributed by atoms with Gasteiger partial charge in [-0.1, -0.05) is 26.0 Å². The molecular formula is C15H23NO2. The molecule has 0 aliphatic carbocycles. The van der Waals surface area contributed by atoms with Gasteiger partial charge >= 0.3 is 0 Å². The van der Waals surface area contributed by atoms with Crippen molar-refractivity contribution < 1.29 is 9.47 Å². The van der Waals surface area contributed by atoms with Crippen LogP contribution in [0.3, 0.4) is 0 Å². The Hall–Kier alpha value is -1.06. The van der Waals surface area contributed by atoms with Gasteiger partial charge in [0, 0.05) is 18.5 Å². The highest BCUT2D eigenvalue weighted by molar-refractivity contribution is 5.28. The molecule has 1 atom stereocenters. The fraction of sp³-hybridized carbons (Fsp3) is 0.600. The maximum Gasteiger partial charge on any atom is 0.119 e. The molecule has 3 nitrogen and oxygen atoms in total. The van der Waals surface area contributed by atoms with Gasteiger partial charge in [-0.2, -0.15) is 0 Å². The van der Waals surface area contributed by atoms with Gasteiger partial charge in [0.05, 0.1) is 19.3 Å². The van der Waals surface area contributed by atoms with E-state index in [1.165, 1.54) is 5.56 Å². The fourth-order valence-corrected chi connectivity index (χ4v) is 2.14. The van der Waals surface area contributed by atoms with Crippen LogP contribution in [0.4, 0.5) is 0 Å². The van der Waals surface area contributed by atoms with Gasteiger partial charge < -0.3 is 14.8 Å². The molecule has 0 radical (unpaired) electrons. The van der Waals surface area contributed by atoms with Crippen LogP contribution >= 0.6 is 0 Å². The average molecular weight is 249 g/mol. The molecule has 1 aromatic rings. The van der Waals surface area contributed by atoms with Crippen molar-refractivity contribution in [3.05, 3.63) is 29.8 Å². The molecule has 1 aromatic carbocycles. The molecule has 0 saturated carbocycles. The largest absolute Gasteiger partial charge is 0.494 e. The standard InChI is InChI=1S/C15H23NO2/c1-4-17-13-7-5-12(6-8-13)14-9-16-10-15(2,3)11-18-14/h5-8,14,16H,4,9-11H2,1-3H3. The van der Waals surface area contributed by atoms with Gasteiger partial charge in [0.15, 0.2) is 0 Å². The number of nitrogens with one attached hydrogen (secondary N) is 1. The van der Waals surface area contributed by atoms with Gasteiger partial charge in [-0.3, -0.25) is 0 Å². The minimum absolute atomic E-state index is 0.141. The maximum absolute atomic E-state index is 6.00. The van der Waals surface area contributed by atoms with Gasteiger partial charge in [0.1, 0.15) is 5.75 Å². The zero-order valence-electron chi connectivity index (χ0n) is 11.5. The first-order valence-electron chi connectivity index (χ1n) is 6.66. The molecule has 0 bridgehead atoms. The number of ether oxygens (including phenoxy) is 2. The lowest BCUT2D eigenvalue weighted by Gasteiger charge is -2.21. The molecule has 0 spiro atoms. The van der Waals surface area contributed by atoms with Crippen LogP contribution in [0, 0.1) is 5.41 Å². The summed E-state index contributed by atoms with van der Waals surface area (Å²) in [7, 11) is 0. The summed E-state index contributed by atoms with van der Waals surface area (Å²) in [5.74, 6) is 0.920. The molecule has 2 rings (SSSR count). The van der Waals surface area contributed by atoms with Crippen molar-refractivity contribution in [3.63, 3.8) is 0 Å². The number of benzene rings is 1. The Bertz CT molecular complexity index is 373. The molecule has 3 heteroatoms. The van der Waals surface area contributed by atoms with E-state index in [0.717, 1.165) is 25.4 Å². The van der Waals surface area contributed by atoms with E-state index in [1.807, 2.05) is 19.1 Å². The normalized spacial score (nSPS) is 23.4. The van der Waals surface area contributed by atoms with Crippen molar-refractivity contribution in [3.8, 4) is 5.75 Å². The van der Waals surface area contributed by atoms with Crippen molar-refractivity contribution in [2.45, 2.75) is 26.9 Å². The predicted molar refractivity (Wildman–Crippen MR) is 73.0 cm³/mol. The van der Waals surface area contributed by atoms with Crippen LogP contribution in [-0.4, -0.2) is 26.3 Å². The average Bonchev–Trinajstić information content (AvgIpc) is 2.52. The van der Waals surface area contributed by atoms with E-state index in [2.05, 4.69) is 31.3 Å². The Morgan fingerprint density at radius 1 is 1.33 bits per heavy atom. The zero-order valence-corrected chi connectivity index (χ0v) is 11.5. The van der Waals surface area contributed by atoms with E-state index >= 15 is 0 Å². The second kappa shape index (κ2) is 5.72. The highest BCUT2D eigenvalue weighted by Gasteiger charge is 2.25. The summed E-state index contributed by atoms with van der Waals surface area (Å²) in [6.07, 6.45) is 0.141. The minimum atomic E-state index is 0.141. The quantitative estimate of drug-likeness (QED) is 0.893. The molecule has 100 valence electrons. The lowest BCUT2D eigenvalue weighted by molar-refractivity contribution is 0.0260. The zero-order chi connectivity index (χ0) is 13.0. The van der Waals surface area contributed by atoms with E-state index < -0.39 is 0 Å². The first kappa shape index (κ1) is 13.4. The molecule has 1 N–H and O–H groups in total. The van der Waals surface area contributed by atoms with Gasteiger partial charge in [-0.15, -0.1) is 0 Å². The molecule has 0 aromatic heterocycles. The van der Waals surface area contributed by atoms with E-state index in [-0.39, 0.29) is 11.5 Å². The summed E-state index contributed by atoms with van der Waals surface area (Å²) in [5, 5.41) is 3.47. The Labute approximate surface area is 109 Å². The van der Waals surface area contributed by atoms with E-state index in [4.69, 9.17) is 9.47 Å². The van der Waals surface area contributed by atoms with Gasteiger partial charge in [0.2, 0.25) is 0 Å². The van der Waals surface area contributed by atoms with Crippen molar-refractivity contribution in [1.29, 1.82) is 0 Å². The van der Waals surface area contributed by atoms with Crippen molar-refractivity contribution in [2.75, 3.05) is 26.3 Å². The second-order valence-corrected chi connectivity index (χ2v) is 5.60. The summed E-state index contributed by atoms with van der Waals surface area (Å²) in [6.45, 7) is 9.81. The van der Waals surface area contributed by atoms with Crippen LogP contribution in [0.2, 0.25) is 0 Å². The molecule has 1 aliphatic rings. The third-order valence-electron chi connectivity index (χ3n) is 3.17. The predicted octanol–water partition coefficient (Wildman–Crippen LogP) is 2.77. The van der Waals surface area contributed by atoms with Crippen LogP contribution in [0.5, 0.6) is 5.75 Å². The molecule has 1 aliphatic heterocycles. The number of hydrogen-bond donors (Lipinski definition) is 1. The second-order valence-electron chi connectivity index (χ2n) is 5.60. The van der Waals surface area contributed by atoms with Gasteiger partial charge in [-0.25, -0.2) is 0 Å². The minimum Gasteiger partial charge on any atom is -0.494 e. The Morgan fingerprint density at radius 3 is 2.72 bits per heavy atom. The van der Waals surface area contributed by atoms with Crippen molar-refractivity contribution in [1.82, 2.24) is 5.32 Å². The number of rotatable bonds is 3. The fourth-order valence-electron chi connectivity index (χ4n) is 2.14. The molecule has 1 unspecified atom stereocenters. The summed E-state index contributed by atoms with van der Waals surface area (Å²) in [4.78, 5) is 0. The molecule has 0 amide bonds. The Morgan fingerprint density at radius 2 is 2.06 bits per heavy atom. The third kappa shape index (κ3) is 3.47. The lowest BCUT2D eigenvalue weighted by atomic mass is 9.95. The summed E-state index contributed by atoms with van der Waals surface area (Å²) < 4.78 is 11.5. The topological polar surface area (TPSA) is 30.5 Å². The molecule has 1 fully saturated rings. The van der Waals surface area contributed by atoms with Gasteiger partial charge in [0.25, 0.3) is 0 Å². The highest BCUT2D eigenvalue weighted by Crippen LogP contribution is 2.26. The first-order valence-corrected chi connectivity index (χ1v) is 6.66. The summed E-state index contributed by atoms with van der Waals surface area (Å²) in [5.41, 5.74) is 1.42. The third-order valence-corrected chi connectivity index (χ3v) is 3.17. The van der Waals surface area contributed by atoms with E-state index in [1.54, 1.807) is 0 Å². The van der Waals surface area contributed by atoms with Crippen LogP contribution < -0.4 is 10.1 Å². The Balaban J connectivity index is 2.02.